The third-order valence-corrected chi connectivity index (χ3v) is 5.91. The Morgan fingerprint density at radius 2 is 1.31 bits per heavy atom. The summed E-state index contributed by atoms with van der Waals surface area (Å²) in [7, 11) is 0. The van der Waals surface area contributed by atoms with Crippen molar-refractivity contribution in [1.29, 1.82) is 0 Å². The van der Waals surface area contributed by atoms with E-state index in [2.05, 4.69) is 10.3 Å². The van der Waals surface area contributed by atoms with Crippen molar-refractivity contribution in [3.63, 3.8) is 0 Å². The van der Waals surface area contributed by atoms with Crippen LogP contribution in [0.15, 0.2) is 75.2 Å². The van der Waals surface area contributed by atoms with Gasteiger partial charge in [0.05, 0.1) is 0 Å². The third kappa shape index (κ3) is 4.54. The number of aromatic nitrogens is 2. The summed E-state index contributed by atoms with van der Waals surface area (Å²) in [6, 6.07) is 16.9. The Bertz CT molecular complexity index is 1360. The molecule has 36 heavy (non-hydrogen) atoms. The first-order valence-corrected chi connectivity index (χ1v) is 10.9. The fourth-order valence-corrected chi connectivity index (χ4v) is 4.16. The third-order valence-electron chi connectivity index (χ3n) is 5.91. The van der Waals surface area contributed by atoms with Crippen LogP contribution >= 0.6 is 0 Å². The summed E-state index contributed by atoms with van der Waals surface area (Å²) < 4.78 is 86.3. The van der Waals surface area contributed by atoms with Gasteiger partial charge in [-0.05, 0) is 24.0 Å². The molecule has 0 aliphatic carbocycles. The monoisotopic (exact) mass is 510 g/mol. The van der Waals surface area contributed by atoms with E-state index in [0.717, 1.165) is 0 Å². The minimum atomic E-state index is -6.02. The van der Waals surface area contributed by atoms with Crippen LogP contribution in [0.25, 0.3) is 0 Å². The highest BCUT2D eigenvalue weighted by molar-refractivity contribution is 5.98. The number of rotatable bonds is 6. The number of aromatic amines is 1. The lowest BCUT2D eigenvalue weighted by molar-refractivity contribution is -0.301. The lowest BCUT2D eigenvalue weighted by Gasteiger charge is -2.38. The van der Waals surface area contributed by atoms with Gasteiger partial charge in [-0.3, -0.25) is 14.3 Å². The Morgan fingerprint density at radius 1 is 0.778 bits per heavy atom. The number of alkyl halides is 6. The Kier molecular flexibility index (Phi) is 6.54. The number of anilines is 1. The zero-order chi connectivity index (χ0) is 26.1. The summed E-state index contributed by atoms with van der Waals surface area (Å²) in [5.74, 6) is -1.51. The molecule has 3 aromatic rings. The standard InChI is InChI=1S/C24H20F6N4O2/c25-23(26,27)22(24(28,29)30)18-19(31-17(33-22)12-11-15-7-3-1-4-8-15)34(21(36)32-20(18)35)14-13-16-9-5-2-6-10-16/h1-10H,11-14H2,(H,31,33)(H,32,35,36). The van der Waals surface area contributed by atoms with Crippen LogP contribution in [-0.4, -0.2) is 27.7 Å². The highest BCUT2D eigenvalue weighted by Gasteiger charge is 2.75. The van der Waals surface area contributed by atoms with Crippen LogP contribution < -0.4 is 16.6 Å². The number of nitrogens with zero attached hydrogens (tertiary/aromatic N) is 2. The molecule has 2 heterocycles. The summed E-state index contributed by atoms with van der Waals surface area (Å²) in [5, 5.41) is 2.45. The Hall–Kier alpha value is -3.83. The van der Waals surface area contributed by atoms with Gasteiger partial charge in [0.15, 0.2) is 0 Å². The lowest BCUT2D eigenvalue weighted by Crippen LogP contribution is -2.59. The molecular weight excluding hydrogens is 490 g/mol. The molecule has 1 aliphatic rings. The molecule has 12 heteroatoms. The van der Waals surface area contributed by atoms with Gasteiger partial charge in [0.1, 0.15) is 17.2 Å². The number of aryl methyl sites for hydroxylation is 2. The molecule has 0 fully saturated rings. The second-order valence-corrected chi connectivity index (χ2v) is 8.25. The number of benzene rings is 2. The fraction of sp³-hybridized carbons (Fsp3) is 0.292. The van der Waals surface area contributed by atoms with Gasteiger partial charge in [-0.2, -0.15) is 26.3 Å². The fourth-order valence-electron chi connectivity index (χ4n) is 4.16. The lowest BCUT2D eigenvalue weighted by atomic mass is 9.87. The first-order valence-electron chi connectivity index (χ1n) is 10.9. The molecule has 6 nitrogen and oxygen atoms in total. The molecule has 1 aromatic heterocycles. The van der Waals surface area contributed by atoms with Crippen LogP contribution in [0.4, 0.5) is 32.2 Å². The van der Waals surface area contributed by atoms with Crippen molar-refractivity contribution in [3.05, 3.63) is 98.2 Å². The summed E-state index contributed by atoms with van der Waals surface area (Å²) in [4.78, 5) is 29.8. The van der Waals surface area contributed by atoms with Gasteiger partial charge in [-0.1, -0.05) is 60.7 Å². The highest BCUT2D eigenvalue weighted by Crippen LogP contribution is 2.55. The Balaban J connectivity index is 1.88. The van der Waals surface area contributed by atoms with Gasteiger partial charge in [0.25, 0.3) is 11.1 Å². The van der Waals surface area contributed by atoms with Crippen molar-refractivity contribution in [2.45, 2.75) is 43.7 Å². The molecule has 2 N–H and O–H groups in total. The quantitative estimate of drug-likeness (QED) is 0.478. The van der Waals surface area contributed by atoms with Gasteiger partial charge in [-0.15, -0.1) is 0 Å². The van der Waals surface area contributed by atoms with E-state index in [1.807, 2.05) is 0 Å². The van der Waals surface area contributed by atoms with Crippen molar-refractivity contribution in [2.75, 3.05) is 5.32 Å². The van der Waals surface area contributed by atoms with E-state index in [-0.39, 0.29) is 25.8 Å². The minimum Gasteiger partial charge on any atom is -0.330 e. The summed E-state index contributed by atoms with van der Waals surface area (Å²) >= 11 is 0. The molecule has 0 saturated heterocycles. The predicted octanol–water partition coefficient (Wildman–Crippen LogP) is 4.56. The molecule has 190 valence electrons. The summed E-state index contributed by atoms with van der Waals surface area (Å²) in [6.07, 6.45) is -12.2. The van der Waals surface area contributed by atoms with Gasteiger partial charge < -0.3 is 5.32 Å². The molecule has 0 saturated carbocycles. The molecule has 0 amide bonds. The highest BCUT2D eigenvalue weighted by atomic mass is 19.4. The predicted molar refractivity (Wildman–Crippen MR) is 121 cm³/mol. The number of hydrogen-bond donors (Lipinski definition) is 2. The largest absolute Gasteiger partial charge is 0.427 e. The van der Waals surface area contributed by atoms with E-state index in [1.54, 1.807) is 65.6 Å². The zero-order valence-corrected chi connectivity index (χ0v) is 18.6. The van der Waals surface area contributed by atoms with E-state index >= 15 is 0 Å². The number of fused-ring (bicyclic) bond motifs is 1. The number of H-pyrrole nitrogens is 1. The van der Waals surface area contributed by atoms with Gasteiger partial charge in [0, 0.05) is 13.0 Å². The van der Waals surface area contributed by atoms with E-state index in [1.165, 1.54) is 0 Å². The SMILES string of the molecule is O=c1[nH]c(=O)n(CCc2ccccc2)c2c1C(C(F)(F)F)(C(F)(F)F)N=C(CCc1ccccc1)N2. The molecule has 1 aliphatic heterocycles. The van der Waals surface area contributed by atoms with Crippen LogP contribution in [-0.2, 0) is 24.9 Å². The van der Waals surface area contributed by atoms with E-state index in [4.69, 9.17) is 0 Å². The van der Waals surface area contributed by atoms with Crippen LogP contribution in [0, 0.1) is 0 Å². The van der Waals surface area contributed by atoms with Gasteiger partial charge in [0.2, 0.25) is 0 Å². The molecule has 4 rings (SSSR count). The van der Waals surface area contributed by atoms with Crippen LogP contribution in [0.1, 0.15) is 23.1 Å². The molecule has 0 atom stereocenters. The number of halogens is 6. The molecule has 2 aromatic carbocycles. The van der Waals surface area contributed by atoms with Crippen LogP contribution in [0.5, 0.6) is 0 Å². The van der Waals surface area contributed by atoms with Crippen molar-refractivity contribution in [2.24, 2.45) is 4.99 Å². The molecule has 0 spiro atoms. The number of aliphatic imine (C=N–C) groups is 1. The van der Waals surface area contributed by atoms with Crippen molar-refractivity contribution >= 4 is 11.7 Å². The van der Waals surface area contributed by atoms with Crippen molar-refractivity contribution in [1.82, 2.24) is 9.55 Å². The van der Waals surface area contributed by atoms with E-state index in [9.17, 15) is 35.9 Å². The van der Waals surface area contributed by atoms with Gasteiger partial charge in [-0.25, -0.2) is 9.79 Å². The average Bonchev–Trinajstić information content (AvgIpc) is 2.81. The maximum Gasteiger partial charge on any atom is 0.427 e. The molecular formula is C24H20F6N4O2. The molecule has 0 bridgehead atoms. The van der Waals surface area contributed by atoms with Crippen LogP contribution in [0.3, 0.4) is 0 Å². The number of hydrogen-bond acceptors (Lipinski definition) is 4. The second-order valence-electron chi connectivity index (χ2n) is 8.25. The normalized spacial score (nSPS) is 15.1. The maximum absolute atomic E-state index is 14.3. The van der Waals surface area contributed by atoms with Crippen LogP contribution in [0.2, 0.25) is 0 Å². The molecule has 0 unspecified atom stereocenters. The number of amidine groups is 1. The number of nitrogens with one attached hydrogen (secondary N) is 2. The van der Waals surface area contributed by atoms with Crippen molar-refractivity contribution in [3.8, 4) is 0 Å². The Morgan fingerprint density at radius 3 is 1.83 bits per heavy atom. The zero-order valence-electron chi connectivity index (χ0n) is 18.6. The van der Waals surface area contributed by atoms with E-state index in [0.29, 0.717) is 15.7 Å². The summed E-state index contributed by atoms with van der Waals surface area (Å²) in [5.41, 5.74) is -8.15. The van der Waals surface area contributed by atoms with Crippen molar-refractivity contribution < 1.29 is 26.3 Å². The Labute approximate surface area is 200 Å². The first kappa shape index (κ1) is 25.3. The van der Waals surface area contributed by atoms with E-state index < -0.39 is 46.4 Å². The second kappa shape index (κ2) is 9.32. The average molecular weight is 510 g/mol. The maximum atomic E-state index is 14.3. The minimum absolute atomic E-state index is 0.0746. The topological polar surface area (TPSA) is 79.2 Å². The van der Waals surface area contributed by atoms with Gasteiger partial charge >= 0.3 is 18.0 Å². The summed E-state index contributed by atoms with van der Waals surface area (Å²) in [6.45, 7) is -0.285. The first-order chi connectivity index (χ1) is 16.9. The molecule has 0 radical (unpaired) electrons. The smallest absolute Gasteiger partial charge is 0.330 e.